The SMILES string of the molecule is CN=C(NCC1(c2ccc(OC)cc2)CCCCC1)N1CCC(CC(=O)NC)CC1. The van der Waals surface area contributed by atoms with Crippen molar-refractivity contribution in [2.45, 2.75) is 56.8 Å². The Hall–Kier alpha value is -2.24. The number of nitrogens with one attached hydrogen (secondary N) is 2. The molecule has 1 aliphatic carbocycles. The number of nitrogens with zero attached hydrogens (tertiary/aromatic N) is 2. The number of piperidine rings is 1. The highest BCUT2D eigenvalue weighted by Crippen LogP contribution is 2.39. The maximum atomic E-state index is 11.7. The number of hydrogen-bond donors (Lipinski definition) is 2. The molecule has 1 aliphatic heterocycles. The monoisotopic (exact) mass is 414 g/mol. The minimum Gasteiger partial charge on any atom is -0.497 e. The molecule has 1 amide bonds. The van der Waals surface area contributed by atoms with Crippen molar-refractivity contribution in [2.24, 2.45) is 10.9 Å². The molecule has 3 rings (SSSR count). The van der Waals surface area contributed by atoms with Crippen LogP contribution in [-0.4, -0.2) is 57.6 Å². The van der Waals surface area contributed by atoms with Gasteiger partial charge in [-0.05, 0) is 49.3 Å². The molecule has 0 bridgehead atoms. The smallest absolute Gasteiger partial charge is 0.220 e. The van der Waals surface area contributed by atoms with E-state index < -0.39 is 0 Å². The normalized spacial score (nSPS) is 20.0. The number of benzene rings is 1. The quantitative estimate of drug-likeness (QED) is 0.554. The first-order chi connectivity index (χ1) is 14.6. The molecule has 1 heterocycles. The molecular formula is C24H38N4O2. The van der Waals surface area contributed by atoms with E-state index in [-0.39, 0.29) is 11.3 Å². The highest BCUT2D eigenvalue weighted by Gasteiger charge is 2.34. The molecule has 30 heavy (non-hydrogen) atoms. The van der Waals surface area contributed by atoms with Crippen LogP contribution in [0.4, 0.5) is 0 Å². The van der Waals surface area contributed by atoms with E-state index in [0.717, 1.165) is 44.2 Å². The van der Waals surface area contributed by atoms with Crippen LogP contribution in [0.5, 0.6) is 5.75 Å². The minimum atomic E-state index is 0.148. The van der Waals surface area contributed by atoms with Gasteiger partial charge in [0.25, 0.3) is 0 Å². The van der Waals surface area contributed by atoms with Crippen LogP contribution in [0.15, 0.2) is 29.3 Å². The van der Waals surface area contributed by atoms with Crippen molar-refractivity contribution in [1.82, 2.24) is 15.5 Å². The summed E-state index contributed by atoms with van der Waals surface area (Å²) in [5, 5.41) is 6.45. The molecule has 6 heteroatoms. The zero-order valence-electron chi connectivity index (χ0n) is 18.9. The number of guanidine groups is 1. The van der Waals surface area contributed by atoms with Crippen molar-refractivity contribution in [2.75, 3.05) is 40.8 Å². The molecule has 1 aromatic carbocycles. The molecule has 1 saturated carbocycles. The summed E-state index contributed by atoms with van der Waals surface area (Å²) in [6.45, 7) is 2.82. The van der Waals surface area contributed by atoms with Gasteiger partial charge in [0.05, 0.1) is 7.11 Å². The number of ether oxygens (including phenoxy) is 1. The van der Waals surface area contributed by atoms with Gasteiger partial charge in [-0.3, -0.25) is 9.79 Å². The third kappa shape index (κ3) is 5.46. The van der Waals surface area contributed by atoms with E-state index in [1.54, 1.807) is 14.2 Å². The van der Waals surface area contributed by atoms with Crippen LogP contribution < -0.4 is 15.4 Å². The number of amides is 1. The molecule has 6 nitrogen and oxygen atoms in total. The van der Waals surface area contributed by atoms with Crippen molar-refractivity contribution in [3.63, 3.8) is 0 Å². The summed E-state index contributed by atoms with van der Waals surface area (Å²) in [6, 6.07) is 8.63. The fraction of sp³-hybridized carbons (Fsp3) is 0.667. The highest BCUT2D eigenvalue weighted by molar-refractivity contribution is 5.80. The number of likely N-dealkylation sites (tertiary alicyclic amines) is 1. The molecule has 1 saturated heterocycles. The lowest BCUT2D eigenvalue weighted by Gasteiger charge is -2.40. The third-order valence-electron chi connectivity index (χ3n) is 6.98. The Kier molecular flexibility index (Phi) is 8.00. The third-order valence-corrected chi connectivity index (χ3v) is 6.98. The number of hydrogen-bond acceptors (Lipinski definition) is 3. The summed E-state index contributed by atoms with van der Waals surface area (Å²) in [4.78, 5) is 18.6. The lowest BCUT2D eigenvalue weighted by Crippen LogP contribution is -2.50. The Morgan fingerprint density at radius 2 is 1.83 bits per heavy atom. The molecule has 2 aliphatic rings. The maximum absolute atomic E-state index is 11.7. The first-order valence-corrected chi connectivity index (χ1v) is 11.4. The van der Waals surface area contributed by atoms with Gasteiger partial charge in [-0.25, -0.2) is 0 Å². The van der Waals surface area contributed by atoms with Gasteiger partial charge in [0.2, 0.25) is 5.91 Å². The standard InChI is InChI=1S/C24H38N4O2/c1-25-22(29)17-19-11-15-28(16-12-19)23(26-2)27-18-24(13-5-4-6-14-24)20-7-9-21(30-3)10-8-20/h7-10,19H,4-6,11-18H2,1-3H3,(H,25,29)(H,26,27). The Bertz CT molecular complexity index is 702. The summed E-state index contributed by atoms with van der Waals surface area (Å²) in [6.07, 6.45) is 9.00. The lowest BCUT2D eigenvalue weighted by molar-refractivity contribution is -0.121. The molecule has 0 spiro atoms. The summed E-state index contributed by atoms with van der Waals surface area (Å²) < 4.78 is 5.36. The van der Waals surface area contributed by atoms with Gasteiger partial charge in [-0.15, -0.1) is 0 Å². The van der Waals surface area contributed by atoms with Gasteiger partial charge in [0.1, 0.15) is 5.75 Å². The summed E-state index contributed by atoms with van der Waals surface area (Å²) in [5.41, 5.74) is 1.55. The van der Waals surface area contributed by atoms with Crippen LogP contribution in [0.25, 0.3) is 0 Å². The lowest BCUT2D eigenvalue weighted by atomic mass is 9.69. The molecule has 0 atom stereocenters. The summed E-state index contributed by atoms with van der Waals surface area (Å²) in [7, 11) is 5.31. The van der Waals surface area contributed by atoms with E-state index in [4.69, 9.17) is 4.74 Å². The number of rotatable bonds is 6. The first kappa shape index (κ1) is 22.4. The first-order valence-electron chi connectivity index (χ1n) is 11.4. The van der Waals surface area contributed by atoms with Crippen molar-refractivity contribution < 1.29 is 9.53 Å². The Morgan fingerprint density at radius 3 is 2.40 bits per heavy atom. The second-order valence-electron chi connectivity index (χ2n) is 8.78. The van der Waals surface area contributed by atoms with Gasteiger partial charge < -0.3 is 20.3 Å². The second-order valence-corrected chi connectivity index (χ2v) is 8.78. The average Bonchev–Trinajstić information content (AvgIpc) is 2.81. The zero-order chi connectivity index (χ0) is 21.4. The molecule has 2 N–H and O–H groups in total. The second kappa shape index (κ2) is 10.7. The predicted octanol–water partition coefficient (Wildman–Crippen LogP) is 3.32. The van der Waals surface area contributed by atoms with Crippen molar-refractivity contribution in [3.05, 3.63) is 29.8 Å². The zero-order valence-corrected chi connectivity index (χ0v) is 18.9. The van der Waals surface area contributed by atoms with E-state index >= 15 is 0 Å². The largest absolute Gasteiger partial charge is 0.497 e. The van der Waals surface area contributed by atoms with Crippen LogP contribution in [0.3, 0.4) is 0 Å². The molecule has 166 valence electrons. The highest BCUT2D eigenvalue weighted by atomic mass is 16.5. The topological polar surface area (TPSA) is 66.0 Å². The number of aliphatic imine (C=N–C) groups is 1. The van der Waals surface area contributed by atoms with E-state index in [1.165, 1.54) is 37.7 Å². The van der Waals surface area contributed by atoms with Gasteiger partial charge in [0, 0.05) is 45.6 Å². The fourth-order valence-corrected chi connectivity index (χ4v) is 5.03. The van der Waals surface area contributed by atoms with Crippen molar-refractivity contribution in [1.29, 1.82) is 0 Å². The number of carbonyl (C=O) groups excluding carboxylic acids is 1. The Balaban J connectivity index is 1.62. The fourth-order valence-electron chi connectivity index (χ4n) is 5.03. The number of carbonyl (C=O) groups is 1. The van der Waals surface area contributed by atoms with E-state index in [1.807, 2.05) is 7.05 Å². The number of methoxy groups -OCH3 is 1. The molecule has 0 radical (unpaired) electrons. The minimum absolute atomic E-state index is 0.148. The van der Waals surface area contributed by atoms with Crippen LogP contribution in [0.1, 0.15) is 56.9 Å². The molecule has 2 fully saturated rings. The van der Waals surface area contributed by atoms with E-state index in [2.05, 4.69) is 44.8 Å². The van der Waals surface area contributed by atoms with Crippen LogP contribution in [-0.2, 0) is 10.2 Å². The van der Waals surface area contributed by atoms with Crippen LogP contribution in [0, 0.1) is 5.92 Å². The van der Waals surface area contributed by atoms with Crippen molar-refractivity contribution >= 4 is 11.9 Å². The van der Waals surface area contributed by atoms with E-state index in [0.29, 0.717) is 12.3 Å². The van der Waals surface area contributed by atoms with Gasteiger partial charge in [-0.2, -0.15) is 0 Å². The average molecular weight is 415 g/mol. The Labute approximate surface area is 181 Å². The van der Waals surface area contributed by atoms with Gasteiger partial charge in [0.15, 0.2) is 5.96 Å². The summed E-state index contributed by atoms with van der Waals surface area (Å²) in [5.74, 6) is 2.53. The molecular weight excluding hydrogens is 376 g/mol. The molecule has 0 aromatic heterocycles. The maximum Gasteiger partial charge on any atom is 0.220 e. The van der Waals surface area contributed by atoms with Gasteiger partial charge in [-0.1, -0.05) is 31.4 Å². The van der Waals surface area contributed by atoms with E-state index in [9.17, 15) is 4.79 Å². The Morgan fingerprint density at radius 1 is 1.17 bits per heavy atom. The van der Waals surface area contributed by atoms with Gasteiger partial charge >= 0.3 is 0 Å². The summed E-state index contributed by atoms with van der Waals surface area (Å²) >= 11 is 0. The van der Waals surface area contributed by atoms with Crippen LogP contribution >= 0.6 is 0 Å². The van der Waals surface area contributed by atoms with Crippen LogP contribution in [0.2, 0.25) is 0 Å². The molecule has 1 aromatic rings. The predicted molar refractivity (Wildman–Crippen MR) is 122 cm³/mol. The van der Waals surface area contributed by atoms with Crippen molar-refractivity contribution in [3.8, 4) is 5.75 Å². The molecule has 0 unspecified atom stereocenters.